The number of aromatic nitrogens is 3. The van der Waals surface area contributed by atoms with Crippen LogP contribution in [0, 0.1) is 5.92 Å². The first-order chi connectivity index (χ1) is 14.2. The average molecular weight is 391 g/mol. The fourth-order valence-corrected chi connectivity index (χ4v) is 3.77. The molecule has 0 unspecified atom stereocenters. The van der Waals surface area contributed by atoms with Crippen LogP contribution < -0.4 is 15.0 Å². The van der Waals surface area contributed by atoms with E-state index in [0.717, 1.165) is 42.9 Å². The van der Waals surface area contributed by atoms with Crippen molar-refractivity contribution < 1.29 is 9.53 Å². The van der Waals surface area contributed by atoms with Crippen molar-refractivity contribution in [2.75, 3.05) is 30.4 Å². The van der Waals surface area contributed by atoms with Crippen molar-refractivity contribution in [1.29, 1.82) is 0 Å². The van der Waals surface area contributed by atoms with Crippen molar-refractivity contribution in [1.82, 2.24) is 14.5 Å². The van der Waals surface area contributed by atoms with E-state index in [1.54, 1.807) is 25.4 Å². The van der Waals surface area contributed by atoms with Crippen molar-refractivity contribution in [3.05, 3.63) is 55.3 Å². The van der Waals surface area contributed by atoms with Crippen molar-refractivity contribution in [2.45, 2.75) is 19.4 Å². The van der Waals surface area contributed by atoms with Gasteiger partial charge in [0, 0.05) is 31.6 Å². The highest BCUT2D eigenvalue weighted by molar-refractivity contribution is 5.92. The number of piperidine rings is 1. The van der Waals surface area contributed by atoms with Gasteiger partial charge in [-0.1, -0.05) is 18.2 Å². The topological polar surface area (TPSA) is 72.3 Å². The summed E-state index contributed by atoms with van der Waals surface area (Å²) < 4.78 is 7.24. The van der Waals surface area contributed by atoms with E-state index in [2.05, 4.69) is 32.4 Å². The Morgan fingerprint density at radius 2 is 2.07 bits per heavy atom. The van der Waals surface area contributed by atoms with Crippen molar-refractivity contribution in [2.24, 2.45) is 5.92 Å². The molecule has 3 aromatic rings. The van der Waals surface area contributed by atoms with Crippen molar-refractivity contribution >= 4 is 28.6 Å². The summed E-state index contributed by atoms with van der Waals surface area (Å²) in [6.07, 6.45) is 5.07. The first-order valence-corrected chi connectivity index (χ1v) is 9.81. The molecule has 4 rings (SSSR count). The van der Waals surface area contributed by atoms with E-state index < -0.39 is 0 Å². The van der Waals surface area contributed by atoms with Gasteiger partial charge in [0.05, 0.1) is 30.0 Å². The Labute approximate surface area is 170 Å². The SMILES string of the molecule is C=CCn1c(N2CCC(C(=O)Nc3ccc(OC)nc3)CC2)nc2ccccc21. The lowest BCUT2D eigenvalue weighted by Crippen LogP contribution is -2.39. The number of benzene rings is 1. The number of amides is 1. The first-order valence-electron chi connectivity index (χ1n) is 9.81. The van der Waals surface area contributed by atoms with E-state index in [9.17, 15) is 4.79 Å². The largest absolute Gasteiger partial charge is 0.481 e. The summed E-state index contributed by atoms with van der Waals surface area (Å²) in [5, 5.41) is 2.96. The lowest BCUT2D eigenvalue weighted by atomic mass is 9.96. The number of hydrogen-bond acceptors (Lipinski definition) is 5. The van der Waals surface area contributed by atoms with Crippen LogP contribution >= 0.6 is 0 Å². The maximum atomic E-state index is 12.7. The minimum atomic E-state index is -0.0226. The molecule has 7 nitrogen and oxygen atoms in total. The van der Waals surface area contributed by atoms with Gasteiger partial charge >= 0.3 is 0 Å². The maximum absolute atomic E-state index is 12.7. The minimum absolute atomic E-state index is 0.0226. The van der Waals surface area contributed by atoms with Crippen molar-refractivity contribution in [3.8, 4) is 5.88 Å². The molecule has 2 aromatic heterocycles. The summed E-state index contributed by atoms with van der Waals surface area (Å²) in [7, 11) is 1.57. The second kappa shape index (κ2) is 8.34. The minimum Gasteiger partial charge on any atom is -0.481 e. The van der Waals surface area contributed by atoms with Crippen LogP contribution in [0.1, 0.15) is 12.8 Å². The van der Waals surface area contributed by atoms with Crippen LogP contribution in [0.4, 0.5) is 11.6 Å². The molecular formula is C22H25N5O2. The van der Waals surface area contributed by atoms with E-state index in [1.807, 2.05) is 24.3 Å². The first kappa shape index (κ1) is 19.0. The number of nitrogens with one attached hydrogen (secondary N) is 1. The molecule has 1 amide bonds. The monoisotopic (exact) mass is 391 g/mol. The third kappa shape index (κ3) is 3.94. The summed E-state index contributed by atoms with van der Waals surface area (Å²) in [5.41, 5.74) is 2.77. The Hall–Kier alpha value is -3.35. The van der Waals surface area contributed by atoms with E-state index in [1.165, 1.54) is 0 Å². The fraction of sp³-hybridized carbons (Fsp3) is 0.318. The molecule has 7 heteroatoms. The van der Waals surface area contributed by atoms with Gasteiger partial charge in [-0.15, -0.1) is 6.58 Å². The third-order valence-electron chi connectivity index (χ3n) is 5.31. The van der Waals surface area contributed by atoms with Crippen LogP contribution in [0.15, 0.2) is 55.3 Å². The standard InChI is InChI=1S/C22H25N5O2/c1-3-12-27-19-7-5-4-6-18(19)25-22(27)26-13-10-16(11-14-26)21(28)24-17-8-9-20(29-2)23-15-17/h3-9,15-16H,1,10-14H2,2H3,(H,24,28). The number of nitrogens with zero attached hydrogens (tertiary/aromatic N) is 4. The third-order valence-corrected chi connectivity index (χ3v) is 5.31. The number of methoxy groups -OCH3 is 1. The van der Waals surface area contributed by atoms with Crippen LogP contribution in [0.3, 0.4) is 0 Å². The predicted molar refractivity (Wildman–Crippen MR) is 114 cm³/mol. The number of rotatable bonds is 6. The highest BCUT2D eigenvalue weighted by Gasteiger charge is 2.27. The second-order valence-corrected chi connectivity index (χ2v) is 7.14. The van der Waals surface area contributed by atoms with Gasteiger partial charge in [0.25, 0.3) is 0 Å². The Morgan fingerprint density at radius 1 is 1.28 bits per heavy atom. The number of imidazole rings is 1. The van der Waals surface area contributed by atoms with Crippen LogP contribution in [0.2, 0.25) is 0 Å². The van der Waals surface area contributed by atoms with Gasteiger partial charge in [0.2, 0.25) is 17.7 Å². The molecule has 0 atom stereocenters. The normalized spacial score (nSPS) is 14.7. The van der Waals surface area contributed by atoms with E-state index in [-0.39, 0.29) is 11.8 Å². The summed E-state index contributed by atoms with van der Waals surface area (Å²) in [5.74, 6) is 1.49. The zero-order valence-corrected chi connectivity index (χ0v) is 16.5. The van der Waals surface area contributed by atoms with Gasteiger partial charge in [0.1, 0.15) is 0 Å². The average Bonchev–Trinajstić information content (AvgIpc) is 3.13. The lowest BCUT2D eigenvalue weighted by Gasteiger charge is -2.32. The van der Waals surface area contributed by atoms with Crippen LogP contribution in [0.25, 0.3) is 11.0 Å². The Bertz CT molecular complexity index is 1000. The second-order valence-electron chi connectivity index (χ2n) is 7.14. The molecule has 1 N–H and O–H groups in total. The molecular weight excluding hydrogens is 366 g/mol. The molecule has 0 spiro atoms. The number of hydrogen-bond donors (Lipinski definition) is 1. The number of ether oxygens (including phenoxy) is 1. The number of anilines is 2. The number of para-hydroxylation sites is 2. The highest BCUT2D eigenvalue weighted by Crippen LogP contribution is 2.27. The molecule has 1 fully saturated rings. The number of carbonyl (C=O) groups excluding carboxylic acids is 1. The Morgan fingerprint density at radius 3 is 2.76 bits per heavy atom. The quantitative estimate of drug-likeness (QED) is 0.652. The van der Waals surface area contributed by atoms with Crippen LogP contribution in [0.5, 0.6) is 5.88 Å². The van der Waals surface area contributed by atoms with E-state index in [0.29, 0.717) is 18.1 Å². The highest BCUT2D eigenvalue weighted by atomic mass is 16.5. The van der Waals surface area contributed by atoms with Crippen LogP contribution in [-0.4, -0.2) is 40.6 Å². The Kier molecular flexibility index (Phi) is 5.46. The molecule has 0 saturated carbocycles. The molecule has 0 aliphatic carbocycles. The zero-order chi connectivity index (χ0) is 20.2. The predicted octanol–water partition coefficient (Wildman–Crippen LogP) is 3.48. The maximum Gasteiger partial charge on any atom is 0.227 e. The lowest BCUT2D eigenvalue weighted by molar-refractivity contribution is -0.120. The van der Waals surface area contributed by atoms with Crippen molar-refractivity contribution in [3.63, 3.8) is 0 Å². The summed E-state index contributed by atoms with van der Waals surface area (Å²) in [4.78, 5) is 23.9. The molecule has 1 aromatic carbocycles. The molecule has 3 heterocycles. The van der Waals surface area contributed by atoms with Gasteiger partial charge in [-0.3, -0.25) is 4.79 Å². The van der Waals surface area contributed by atoms with Gasteiger partial charge in [0.15, 0.2) is 0 Å². The van der Waals surface area contributed by atoms with E-state index >= 15 is 0 Å². The van der Waals surface area contributed by atoms with Gasteiger partial charge < -0.3 is 19.5 Å². The van der Waals surface area contributed by atoms with Gasteiger partial charge in [-0.2, -0.15) is 0 Å². The molecule has 0 bridgehead atoms. The Balaban J connectivity index is 1.42. The summed E-state index contributed by atoms with van der Waals surface area (Å²) in [6, 6.07) is 11.7. The molecule has 1 saturated heterocycles. The summed E-state index contributed by atoms with van der Waals surface area (Å²) in [6.45, 7) is 6.17. The fourth-order valence-electron chi connectivity index (χ4n) is 3.77. The van der Waals surface area contributed by atoms with Gasteiger partial charge in [-0.25, -0.2) is 9.97 Å². The number of carbonyl (C=O) groups is 1. The van der Waals surface area contributed by atoms with Gasteiger partial charge in [-0.05, 0) is 31.0 Å². The number of allylic oxidation sites excluding steroid dienone is 1. The smallest absolute Gasteiger partial charge is 0.227 e. The molecule has 29 heavy (non-hydrogen) atoms. The molecule has 1 aliphatic rings. The number of fused-ring (bicyclic) bond motifs is 1. The molecule has 1 aliphatic heterocycles. The number of pyridine rings is 1. The summed E-state index contributed by atoms with van der Waals surface area (Å²) >= 11 is 0. The molecule has 150 valence electrons. The van der Waals surface area contributed by atoms with E-state index in [4.69, 9.17) is 9.72 Å². The van der Waals surface area contributed by atoms with Crippen LogP contribution in [-0.2, 0) is 11.3 Å². The zero-order valence-electron chi connectivity index (χ0n) is 16.5. The molecule has 0 radical (unpaired) electrons.